The molecule has 1 aromatic rings. The number of carbonyl (C=O) groups is 1. The van der Waals surface area contributed by atoms with Crippen molar-refractivity contribution in [3.63, 3.8) is 0 Å². The fourth-order valence-electron chi connectivity index (χ4n) is 2.22. The molecule has 112 valence electrons. The molecule has 0 radical (unpaired) electrons. The lowest BCUT2D eigenvalue weighted by Crippen LogP contribution is -2.47. The van der Waals surface area contributed by atoms with Crippen LogP contribution in [0.1, 0.15) is 18.7 Å². The van der Waals surface area contributed by atoms with Gasteiger partial charge in [-0.1, -0.05) is 5.10 Å². The maximum absolute atomic E-state index is 11.8. The number of nitrogens with one attached hydrogen (secondary N) is 1. The zero-order valence-electron chi connectivity index (χ0n) is 11.8. The summed E-state index contributed by atoms with van der Waals surface area (Å²) in [5, 5.41) is 20.2. The van der Waals surface area contributed by atoms with Crippen molar-refractivity contribution >= 4 is 11.9 Å². The largest absolute Gasteiger partial charge is 0.408 e. The first-order valence-electron chi connectivity index (χ1n) is 6.55. The molecule has 2 N–H and O–H groups in total. The summed E-state index contributed by atoms with van der Waals surface area (Å²) in [5.41, 5.74) is -0.783. The highest BCUT2D eigenvalue weighted by Gasteiger charge is 2.31. The molecule has 8 heteroatoms. The van der Waals surface area contributed by atoms with E-state index >= 15 is 0 Å². The molecule has 1 aliphatic heterocycles. The Morgan fingerprint density at radius 1 is 1.45 bits per heavy atom. The SMILES string of the molecule is Cc1nnc(NC(=O)CN(C)CC2(O)CCOCC2)o1. The molecule has 1 fully saturated rings. The van der Waals surface area contributed by atoms with Gasteiger partial charge in [-0.3, -0.25) is 15.0 Å². The standard InChI is InChI=1S/C12H20N4O4/c1-9-14-15-11(20-9)13-10(17)7-16(2)8-12(18)3-5-19-6-4-12/h18H,3-8H2,1-2H3,(H,13,15,17). The van der Waals surface area contributed by atoms with Crippen molar-refractivity contribution in [1.29, 1.82) is 0 Å². The summed E-state index contributed by atoms with van der Waals surface area (Å²) in [7, 11) is 1.78. The van der Waals surface area contributed by atoms with Crippen LogP contribution < -0.4 is 5.32 Å². The smallest absolute Gasteiger partial charge is 0.322 e. The third kappa shape index (κ3) is 4.26. The van der Waals surface area contributed by atoms with Gasteiger partial charge in [0.15, 0.2) is 0 Å². The summed E-state index contributed by atoms with van der Waals surface area (Å²) in [5.74, 6) is 0.136. The van der Waals surface area contributed by atoms with Gasteiger partial charge < -0.3 is 14.3 Å². The molecule has 1 aromatic heterocycles. The van der Waals surface area contributed by atoms with Gasteiger partial charge in [0.2, 0.25) is 11.8 Å². The van der Waals surface area contributed by atoms with Crippen molar-refractivity contribution in [2.45, 2.75) is 25.4 Å². The minimum atomic E-state index is -0.783. The molecule has 0 unspecified atom stereocenters. The number of hydrogen-bond donors (Lipinski definition) is 2. The Hall–Kier alpha value is -1.51. The Bertz CT molecular complexity index is 456. The number of rotatable bonds is 5. The van der Waals surface area contributed by atoms with E-state index in [1.54, 1.807) is 18.9 Å². The van der Waals surface area contributed by atoms with Gasteiger partial charge in [0.25, 0.3) is 0 Å². The molecule has 1 aliphatic rings. The number of nitrogens with zero attached hydrogens (tertiary/aromatic N) is 3. The van der Waals surface area contributed by atoms with Crippen molar-refractivity contribution in [1.82, 2.24) is 15.1 Å². The van der Waals surface area contributed by atoms with E-state index in [4.69, 9.17) is 9.15 Å². The molecule has 2 heterocycles. The number of aromatic nitrogens is 2. The minimum absolute atomic E-state index is 0.0886. The van der Waals surface area contributed by atoms with Crippen LogP contribution in [-0.2, 0) is 9.53 Å². The maximum Gasteiger partial charge on any atom is 0.322 e. The molecule has 0 bridgehead atoms. The Morgan fingerprint density at radius 2 is 2.15 bits per heavy atom. The van der Waals surface area contributed by atoms with Crippen LogP contribution in [0.2, 0.25) is 0 Å². The van der Waals surface area contributed by atoms with E-state index in [9.17, 15) is 9.90 Å². The lowest BCUT2D eigenvalue weighted by atomic mass is 9.94. The van der Waals surface area contributed by atoms with Crippen molar-refractivity contribution in [3.05, 3.63) is 5.89 Å². The topological polar surface area (TPSA) is 101 Å². The van der Waals surface area contributed by atoms with Gasteiger partial charge in [0.1, 0.15) is 0 Å². The Morgan fingerprint density at radius 3 is 2.75 bits per heavy atom. The van der Waals surface area contributed by atoms with Crippen LogP contribution in [0.5, 0.6) is 0 Å². The van der Waals surface area contributed by atoms with Crippen LogP contribution in [0.4, 0.5) is 6.01 Å². The first kappa shape index (κ1) is 14.9. The number of aryl methyl sites for hydroxylation is 1. The quantitative estimate of drug-likeness (QED) is 0.771. The van der Waals surface area contributed by atoms with Crippen LogP contribution in [0.25, 0.3) is 0 Å². The van der Waals surface area contributed by atoms with E-state index in [1.807, 2.05) is 0 Å². The number of aliphatic hydroxyl groups is 1. The first-order valence-corrected chi connectivity index (χ1v) is 6.55. The van der Waals surface area contributed by atoms with Crippen LogP contribution in [0, 0.1) is 6.92 Å². The predicted molar refractivity (Wildman–Crippen MR) is 70.2 cm³/mol. The summed E-state index contributed by atoms with van der Waals surface area (Å²) < 4.78 is 10.3. The molecular formula is C12H20N4O4. The van der Waals surface area contributed by atoms with Gasteiger partial charge in [-0.15, -0.1) is 5.10 Å². The summed E-state index contributed by atoms with van der Waals surface area (Å²) in [6.45, 7) is 3.32. The summed E-state index contributed by atoms with van der Waals surface area (Å²) in [4.78, 5) is 13.6. The lowest BCUT2D eigenvalue weighted by molar-refractivity contribution is -0.118. The van der Waals surface area contributed by atoms with Crippen LogP contribution in [0.3, 0.4) is 0 Å². The van der Waals surface area contributed by atoms with E-state index in [1.165, 1.54) is 0 Å². The minimum Gasteiger partial charge on any atom is -0.408 e. The fourth-order valence-corrected chi connectivity index (χ4v) is 2.22. The average molecular weight is 284 g/mol. The molecule has 1 amide bonds. The molecule has 2 rings (SSSR count). The molecular weight excluding hydrogens is 264 g/mol. The van der Waals surface area contributed by atoms with Crippen LogP contribution in [-0.4, -0.2) is 65.1 Å². The second-order valence-electron chi connectivity index (χ2n) is 5.18. The third-order valence-corrected chi connectivity index (χ3v) is 3.17. The number of anilines is 1. The number of likely N-dealkylation sites (N-methyl/N-ethyl adjacent to an activating group) is 1. The molecule has 0 aliphatic carbocycles. The number of carbonyl (C=O) groups excluding carboxylic acids is 1. The van der Waals surface area contributed by atoms with E-state index in [-0.39, 0.29) is 18.5 Å². The second-order valence-corrected chi connectivity index (χ2v) is 5.18. The van der Waals surface area contributed by atoms with Crippen LogP contribution >= 0.6 is 0 Å². The molecule has 1 saturated heterocycles. The van der Waals surface area contributed by atoms with Crippen LogP contribution in [0.15, 0.2) is 4.42 Å². The normalized spacial score (nSPS) is 18.2. The molecule has 0 aromatic carbocycles. The highest BCUT2D eigenvalue weighted by atomic mass is 16.5. The maximum atomic E-state index is 11.8. The number of amides is 1. The van der Waals surface area contributed by atoms with Gasteiger partial charge >= 0.3 is 6.01 Å². The van der Waals surface area contributed by atoms with Gasteiger partial charge in [-0.25, -0.2) is 0 Å². The monoisotopic (exact) mass is 284 g/mol. The first-order chi connectivity index (χ1) is 9.47. The third-order valence-electron chi connectivity index (χ3n) is 3.17. The Balaban J connectivity index is 1.78. The van der Waals surface area contributed by atoms with Gasteiger partial charge in [0.05, 0.1) is 12.1 Å². The van der Waals surface area contributed by atoms with Gasteiger partial charge in [0, 0.05) is 39.5 Å². The molecule has 0 spiro atoms. The Kier molecular flexibility index (Phi) is 4.69. The molecule has 20 heavy (non-hydrogen) atoms. The van der Waals surface area contributed by atoms with E-state index in [0.29, 0.717) is 38.5 Å². The van der Waals surface area contributed by atoms with E-state index in [2.05, 4.69) is 15.5 Å². The van der Waals surface area contributed by atoms with E-state index < -0.39 is 5.60 Å². The van der Waals surface area contributed by atoms with E-state index in [0.717, 1.165) is 0 Å². The van der Waals surface area contributed by atoms with Crippen molar-refractivity contribution in [3.8, 4) is 0 Å². The zero-order chi connectivity index (χ0) is 14.6. The lowest BCUT2D eigenvalue weighted by Gasteiger charge is -2.35. The molecule has 0 saturated carbocycles. The second kappa shape index (κ2) is 6.29. The highest BCUT2D eigenvalue weighted by molar-refractivity contribution is 5.90. The van der Waals surface area contributed by atoms with Crippen molar-refractivity contribution in [2.75, 3.05) is 38.7 Å². The summed E-state index contributed by atoms with van der Waals surface area (Å²) >= 11 is 0. The summed E-state index contributed by atoms with van der Waals surface area (Å²) in [6, 6.07) is 0.0886. The highest BCUT2D eigenvalue weighted by Crippen LogP contribution is 2.21. The van der Waals surface area contributed by atoms with Gasteiger partial charge in [-0.2, -0.15) is 0 Å². The van der Waals surface area contributed by atoms with Gasteiger partial charge in [-0.05, 0) is 7.05 Å². The predicted octanol–water partition coefficient (Wildman–Crippen LogP) is -0.210. The number of ether oxygens (including phenoxy) is 1. The zero-order valence-corrected chi connectivity index (χ0v) is 11.8. The average Bonchev–Trinajstić information content (AvgIpc) is 2.74. The van der Waals surface area contributed by atoms with Crippen molar-refractivity contribution < 1.29 is 19.1 Å². The molecule has 8 nitrogen and oxygen atoms in total. The Labute approximate surface area is 117 Å². The van der Waals surface area contributed by atoms with Crippen molar-refractivity contribution in [2.24, 2.45) is 0 Å². The molecule has 0 atom stereocenters. The summed E-state index contributed by atoms with van der Waals surface area (Å²) in [6.07, 6.45) is 1.17. The number of hydrogen-bond acceptors (Lipinski definition) is 7. The fraction of sp³-hybridized carbons (Fsp3) is 0.750.